The summed E-state index contributed by atoms with van der Waals surface area (Å²) in [5, 5.41) is 12.3. The van der Waals surface area contributed by atoms with Crippen molar-refractivity contribution in [3.63, 3.8) is 0 Å². The van der Waals surface area contributed by atoms with Crippen LogP contribution in [0.3, 0.4) is 0 Å². The Bertz CT molecular complexity index is 468. The summed E-state index contributed by atoms with van der Waals surface area (Å²) >= 11 is 0. The number of benzene rings is 1. The second-order valence-corrected chi connectivity index (χ2v) is 3.71. The number of fused-ring (bicyclic) bond motifs is 1. The summed E-state index contributed by atoms with van der Waals surface area (Å²) in [6.45, 7) is 0. The van der Waals surface area contributed by atoms with Gasteiger partial charge in [0.05, 0.1) is 32.6 Å². The second kappa shape index (κ2) is 4.53. The van der Waals surface area contributed by atoms with E-state index in [4.69, 9.17) is 19.4 Å². The molecule has 0 amide bonds. The maximum absolute atomic E-state index is 9.01. The molecule has 0 aromatic heterocycles. The van der Waals surface area contributed by atoms with E-state index in [0.29, 0.717) is 23.6 Å². The van der Waals surface area contributed by atoms with Gasteiger partial charge in [0, 0.05) is 11.6 Å². The molecule has 1 aliphatic carbocycles. The van der Waals surface area contributed by atoms with Gasteiger partial charge in [-0.05, 0) is 12.8 Å². The molecule has 0 atom stereocenters. The van der Waals surface area contributed by atoms with Gasteiger partial charge >= 0.3 is 0 Å². The standard InChI is InChI=1S/C12H15NO4/c1-15-9-6-10(16-2)12(17-3)11-7(9)4-5-8(11)13-14/h6,14H,4-5H2,1-3H3/b13-8+. The smallest absolute Gasteiger partial charge is 0.170 e. The fraction of sp³-hybridized carbons (Fsp3) is 0.417. The molecular formula is C12H15NO4. The molecule has 0 heterocycles. The van der Waals surface area contributed by atoms with Crippen LogP contribution in [-0.2, 0) is 6.42 Å². The van der Waals surface area contributed by atoms with Crippen molar-refractivity contribution in [3.8, 4) is 17.2 Å². The first-order valence-electron chi connectivity index (χ1n) is 5.30. The lowest BCUT2D eigenvalue weighted by atomic mass is 10.1. The van der Waals surface area contributed by atoms with Gasteiger partial charge < -0.3 is 19.4 Å². The summed E-state index contributed by atoms with van der Waals surface area (Å²) in [4.78, 5) is 0. The first-order valence-corrected chi connectivity index (χ1v) is 5.30. The average Bonchev–Trinajstić information content (AvgIpc) is 2.80. The Morgan fingerprint density at radius 1 is 1.06 bits per heavy atom. The van der Waals surface area contributed by atoms with Gasteiger partial charge in [0.2, 0.25) is 0 Å². The second-order valence-electron chi connectivity index (χ2n) is 3.71. The van der Waals surface area contributed by atoms with Gasteiger partial charge in [-0.1, -0.05) is 5.16 Å². The van der Waals surface area contributed by atoms with Crippen molar-refractivity contribution in [2.75, 3.05) is 21.3 Å². The largest absolute Gasteiger partial charge is 0.496 e. The van der Waals surface area contributed by atoms with Crippen molar-refractivity contribution >= 4 is 5.71 Å². The molecular weight excluding hydrogens is 222 g/mol. The summed E-state index contributed by atoms with van der Waals surface area (Å²) in [6, 6.07) is 1.79. The molecule has 0 saturated heterocycles. The van der Waals surface area contributed by atoms with Crippen molar-refractivity contribution in [2.45, 2.75) is 12.8 Å². The van der Waals surface area contributed by atoms with Gasteiger partial charge in [-0.2, -0.15) is 0 Å². The quantitative estimate of drug-likeness (QED) is 0.643. The lowest BCUT2D eigenvalue weighted by Crippen LogP contribution is -2.02. The number of rotatable bonds is 3. The van der Waals surface area contributed by atoms with Crippen LogP contribution in [0.25, 0.3) is 0 Å². The number of methoxy groups -OCH3 is 3. The highest BCUT2D eigenvalue weighted by atomic mass is 16.5. The van der Waals surface area contributed by atoms with Crippen molar-refractivity contribution in [2.24, 2.45) is 5.16 Å². The van der Waals surface area contributed by atoms with Crippen LogP contribution in [0.4, 0.5) is 0 Å². The van der Waals surface area contributed by atoms with Crippen LogP contribution in [0.15, 0.2) is 11.2 Å². The fourth-order valence-corrected chi connectivity index (χ4v) is 2.21. The minimum atomic E-state index is 0.575. The molecule has 2 rings (SSSR count). The summed E-state index contributed by atoms with van der Waals surface area (Å²) in [5.41, 5.74) is 2.39. The minimum Gasteiger partial charge on any atom is -0.496 e. The minimum absolute atomic E-state index is 0.575. The molecule has 5 heteroatoms. The summed E-state index contributed by atoms with van der Waals surface area (Å²) in [7, 11) is 4.74. The van der Waals surface area contributed by atoms with Gasteiger partial charge in [0.15, 0.2) is 11.5 Å². The highest BCUT2D eigenvalue weighted by molar-refractivity contribution is 6.07. The molecule has 0 fully saturated rings. The molecule has 1 N–H and O–H groups in total. The van der Waals surface area contributed by atoms with Gasteiger partial charge in [-0.3, -0.25) is 0 Å². The Labute approximate surface area is 99.6 Å². The molecule has 5 nitrogen and oxygen atoms in total. The van der Waals surface area contributed by atoms with Gasteiger partial charge in [-0.15, -0.1) is 0 Å². The van der Waals surface area contributed by atoms with E-state index in [1.165, 1.54) is 0 Å². The Balaban J connectivity index is 2.72. The normalized spacial score (nSPS) is 15.8. The van der Waals surface area contributed by atoms with E-state index in [0.717, 1.165) is 23.3 Å². The van der Waals surface area contributed by atoms with Crippen molar-refractivity contribution < 1.29 is 19.4 Å². The summed E-state index contributed by atoms with van der Waals surface area (Å²) in [6.07, 6.45) is 1.45. The highest BCUT2D eigenvalue weighted by Gasteiger charge is 2.29. The maximum atomic E-state index is 9.01. The molecule has 1 aromatic rings. The van der Waals surface area contributed by atoms with E-state index in [2.05, 4.69) is 5.16 Å². The topological polar surface area (TPSA) is 60.3 Å². The molecule has 1 aliphatic rings. The molecule has 0 saturated carbocycles. The lowest BCUT2D eigenvalue weighted by Gasteiger charge is -2.15. The van der Waals surface area contributed by atoms with Crippen LogP contribution in [-0.4, -0.2) is 32.2 Å². The lowest BCUT2D eigenvalue weighted by molar-refractivity contribution is 0.317. The Morgan fingerprint density at radius 3 is 2.29 bits per heavy atom. The number of oxime groups is 1. The van der Waals surface area contributed by atoms with Crippen LogP contribution in [0.5, 0.6) is 17.2 Å². The molecule has 0 unspecified atom stereocenters. The third kappa shape index (κ3) is 1.67. The Morgan fingerprint density at radius 2 is 1.76 bits per heavy atom. The van der Waals surface area contributed by atoms with E-state index in [-0.39, 0.29) is 0 Å². The van der Waals surface area contributed by atoms with Gasteiger partial charge in [0.25, 0.3) is 0 Å². The SMILES string of the molecule is COc1cc(OC)c(OC)c2c1CC/C2=N\O. The summed E-state index contributed by atoms with van der Waals surface area (Å²) < 4.78 is 15.9. The molecule has 0 radical (unpaired) electrons. The Kier molecular flexibility index (Phi) is 3.08. The van der Waals surface area contributed by atoms with E-state index < -0.39 is 0 Å². The molecule has 0 aliphatic heterocycles. The van der Waals surface area contributed by atoms with Crippen LogP contribution in [0.2, 0.25) is 0 Å². The van der Waals surface area contributed by atoms with Crippen LogP contribution < -0.4 is 14.2 Å². The average molecular weight is 237 g/mol. The highest BCUT2D eigenvalue weighted by Crippen LogP contribution is 2.43. The number of hydrogen-bond donors (Lipinski definition) is 1. The van der Waals surface area contributed by atoms with Crippen molar-refractivity contribution in [1.29, 1.82) is 0 Å². The number of ether oxygens (including phenoxy) is 3. The van der Waals surface area contributed by atoms with Crippen LogP contribution >= 0.6 is 0 Å². The third-order valence-electron chi connectivity index (χ3n) is 2.98. The summed E-state index contributed by atoms with van der Waals surface area (Å²) in [5.74, 6) is 1.90. The zero-order valence-corrected chi connectivity index (χ0v) is 10.1. The predicted molar refractivity (Wildman–Crippen MR) is 62.7 cm³/mol. The Hall–Kier alpha value is -1.91. The molecule has 17 heavy (non-hydrogen) atoms. The predicted octanol–water partition coefficient (Wildman–Crippen LogP) is 1.84. The van der Waals surface area contributed by atoms with E-state index in [9.17, 15) is 0 Å². The maximum Gasteiger partial charge on any atom is 0.170 e. The zero-order chi connectivity index (χ0) is 12.4. The monoisotopic (exact) mass is 237 g/mol. The molecule has 0 spiro atoms. The number of nitrogens with zero attached hydrogens (tertiary/aromatic N) is 1. The van der Waals surface area contributed by atoms with Gasteiger partial charge in [-0.25, -0.2) is 0 Å². The molecule has 1 aromatic carbocycles. The zero-order valence-electron chi connectivity index (χ0n) is 10.1. The van der Waals surface area contributed by atoms with Crippen molar-refractivity contribution in [3.05, 3.63) is 17.2 Å². The van der Waals surface area contributed by atoms with Gasteiger partial charge in [0.1, 0.15) is 5.75 Å². The van der Waals surface area contributed by atoms with Crippen LogP contribution in [0, 0.1) is 0 Å². The molecule has 92 valence electrons. The van der Waals surface area contributed by atoms with E-state index in [1.807, 2.05) is 0 Å². The third-order valence-corrected chi connectivity index (χ3v) is 2.98. The first-order chi connectivity index (χ1) is 8.26. The van der Waals surface area contributed by atoms with E-state index in [1.54, 1.807) is 27.4 Å². The molecule has 0 bridgehead atoms. The van der Waals surface area contributed by atoms with Crippen LogP contribution in [0.1, 0.15) is 17.5 Å². The van der Waals surface area contributed by atoms with Crippen molar-refractivity contribution in [1.82, 2.24) is 0 Å². The number of hydrogen-bond acceptors (Lipinski definition) is 5. The fourth-order valence-electron chi connectivity index (χ4n) is 2.21. The first kappa shape index (κ1) is 11.6. The van der Waals surface area contributed by atoms with E-state index >= 15 is 0 Å².